The minimum absolute atomic E-state index is 0.0704. The minimum atomic E-state index is -0.0704. The number of amides is 1. The summed E-state index contributed by atoms with van der Waals surface area (Å²) in [6.07, 6.45) is 3.35. The minimum Gasteiger partial charge on any atom is -0.375 e. The fraction of sp³-hybridized carbons (Fsp3) is 0.188. The maximum Gasteiger partial charge on any atom is 0.251 e. The molecule has 4 N–H and O–H groups in total. The van der Waals surface area contributed by atoms with Gasteiger partial charge in [-0.3, -0.25) is 9.89 Å². The zero-order valence-electron chi connectivity index (χ0n) is 12.5. The second-order valence-corrected chi connectivity index (χ2v) is 5.97. The summed E-state index contributed by atoms with van der Waals surface area (Å²) >= 11 is 1.44. The van der Waals surface area contributed by atoms with Crippen LogP contribution in [0.3, 0.4) is 0 Å². The van der Waals surface area contributed by atoms with Gasteiger partial charge in [0.1, 0.15) is 0 Å². The Kier molecular flexibility index (Phi) is 4.68. The van der Waals surface area contributed by atoms with Gasteiger partial charge < -0.3 is 11.1 Å². The van der Waals surface area contributed by atoms with Crippen LogP contribution in [-0.4, -0.2) is 27.6 Å². The summed E-state index contributed by atoms with van der Waals surface area (Å²) in [6, 6.07) is 9.32. The molecule has 0 aliphatic carbocycles. The number of H-pyrrole nitrogens is 1. The Labute approximate surface area is 137 Å². The Morgan fingerprint density at radius 3 is 2.74 bits per heavy atom. The molecule has 0 spiro atoms. The molecule has 0 atom stereocenters. The second kappa shape index (κ2) is 7.06. The lowest BCUT2D eigenvalue weighted by molar-refractivity contribution is 0.0953. The number of aryl methyl sites for hydroxylation is 1. The maximum atomic E-state index is 12.1. The standard InChI is InChI=1S/C16H17N5OS/c17-16-20-13(10-23-16)2-1-8-18-15(22)12-5-3-11(4-6-12)14-7-9-19-21-14/h3-7,9-10H,1-2,8H2,(H2,17,20)(H,18,22)(H,19,21). The van der Waals surface area contributed by atoms with Gasteiger partial charge in [0.05, 0.1) is 11.4 Å². The van der Waals surface area contributed by atoms with Crippen LogP contribution in [0.25, 0.3) is 11.3 Å². The van der Waals surface area contributed by atoms with E-state index in [2.05, 4.69) is 20.5 Å². The van der Waals surface area contributed by atoms with E-state index in [9.17, 15) is 4.79 Å². The number of nitrogen functional groups attached to an aromatic ring is 1. The summed E-state index contributed by atoms with van der Waals surface area (Å²) in [4.78, 5) is 16.3. The molecule has 2 heterocycles. The van der Waals surface area contributed by atoms with Crippen molar-refractivity contribution in [3.63, 3.8) is 0 Å². The smallest absolute Gasteiger partial charge is 0.251 e. The molecule has 118 valence electrons. The normalized spacial score (nSPS) is 10.6. The summed E-state index contributed by atoms with van der Waals surface area (Å²) in [6.45, 7) is 0.610. The van der Waals surface area contributed by atoms with Crippen LogP contribution >= 0.6 is 11.3 Å². The number of benzene rings is 1. The molecular formula is C16H17N5OS. The summed E-state index contributed by atoms with van der Waals surface area (Å²) in [7, 11) is 0. The average Bonchev–Trinajstić information content (AvgIpc) is 3.23. The van der Waals surface area contributed by atoms with Crippen molar-refractivity contribution < 1.29 is 4.79 Å². The van der Waals surface area contributed by atoms with Gasteiger partial charge in [0.15, 0.2) is 5.13 Å². The first-order chi connectivity index (χ1) is 11.2. The van der Waals surface area contributed by atoms with Crippen LogP contribution in [0.4, 0.5) is 5.13 Å². The van der Waals surface area contributed by atoms with Gasteiger partial charge in [0.2, 0.25) is 0 Å². The zero-order valence-corrected chi connectivity index (χ0v) is 13.3. The Balaban J connectivity index is 1.48. The molecule has 0 aliphatic heterocycles. The number of carbonyl (C=O) groups is 1. The number of nitrogens with two attached hydrogens (primary N) is 1. The fourth-order valence-corrected chi connectivity index (χ4v) is 2.83. The highest BCUT2D eigenvalue weighted by Gasteiger charge is 2.06. The van der Waals surface area contributed by atoms with Gasteiger partial charge in [0, 0.05) is 23.7 Å². The summed E-state index contributed by atoms with van der Waals surface area (Å²) in [5.74, 6) is -0.0704. The monoisotopic (exact) mass is 327 g/mol. The number of nitrogens with zero attached hydrogens (tertiary/aromatic N) is 2. The van der Waals surface area contributed by atoms with Crippen molar-refractivity contribution in [2.75, 3.05) is 12.3 Å². The van der Waals surface area contributed by atoms with Crippen LogP contribution in [0, 0.1) is 0 Å². The van der Waals surface area contributed by atoms with Crippen LogP contribution in [0.2, 0.25) is 0 Å². The Morgan fingerprint density at radius 1 is 1.26 bits per heavy atom. The first-order valence-corrected chi connectivity index (χ1v) is 8.18. The lowest BCUT2D eigenvalue weighted by Gasteiger charge is -2.05. The van der Waals surface area contributed by atoms with Crippen LogP contribution in [0.1, 0.15) is 22.5 Å². The predicted octanol–water partition coefficient (Wildman–Crippen LogP) is 2.48. The molecule has 0 fully saturated rings. The molecule has 0 radical (unpaired) electrons. The zero-order chi connectivity index (χ0) is 16.1. The largest absolute Gasteiger partial charge is 0.375 e. The van der Waals surface area contributed by atoms with E-state index in [-0.39, 0.29) is 5.91 Å². The maximum absolute atomic E-state index is 12.1. The molecule has 0 saturated carbocycles. The van der Waals surface area contributed by atoms with Crippen molar-refractivity contribution in [2.24, 2.45) is 0 Å². The van der Waals surface area contributed by atoms with Crippen LogP contribution < -0.4 is 11.1 Å². The Morgan fingerprint density at radius 2 is 2.09 bits per heavy atom. The molecule has 1 aromatic carbocycles. The molecule has 0 saturated heterocycles. The van der Waals surface area contributed by atoms with Crippen molar-refractivity contribution in [3.05, 3.63) is 53.2 Å². The van der Waals surface area contributed by atoms with Crippen LogP contribution in [-0.2, 0) is 6.42 Å². The third-order valence-electron chi connectivity index (χ3n) is 3.42. The third kappa shape index (κ3) is 3.95. The molecule has 23 heavy (non-hydrogen) atoms. The van der Waals surface area contributed by atoms with Gasteiger partial charge in [-0.05, 0) is 36.6 Å². The van der Waals surface area contributed by atoms with Gasteiger partial charge in [0.25, 0.3) is 5.91 Å². The van der Waals surface area contributed by atoms with E-state index in [0.717, 1.165) is 29.8 Å². The van der Waals surface area contributed by atoms with Crippen molar-refractivity contribution in [3.8, 4) is 11.3 Å². The Hall–Kier alpha value is -2.67. The number of hydrogen-bond acceptors (Lipinski definition) is 5. The fourth-order valence-electron chi connectivity index (χ4n) is 2.23. The predicted molar refractivity (Wildman–Crippen MR) is 91.2 cm³/mol. The number of carbonyl (C=O) groups excluding carboxylic acids is 1. The number of aromatic amines is 1. The summed E-state index contributed by atoms with van der Waals surface area (Å²) < 4.78 is 0. The number of anilines is 1. The van der Waals surface area contributed by atoms with Crippen LogP contribution in [0.5, 0.6) is 0 Å². The summed E-state index contributed by atoms with van der Waals surface area (Å²) in [5.41, 5.74) is 9.14. The van der Waals surface area contributed by atoms with E-state index in [1.54, 1.807) is 6.20 Å². The number of nitrogens with one attached hydrogen (secondary N) is 2. The highest BCUT2D eigenvalue weighted by atomic mass is 32.1. The van der Waals surface area contributed by atoms with Crippen molar-refractivity contribution >= 4 is 22.4 Å². The molecule has 0 aliphatic rings. The molecule has 3 rings (SSSR count). The van der Waals surface area contributed by atoms with E-state index in [0.29, 0.717) is 17.2 Å². The number of rotatable bonds is 6. The van der Waals surface area contributed by atoms with Gasteiger partial charge in [-0.15, -0.1) is 11.3 Å². The number of aromatic nitrogens is 3. The van der Waals surface area contributed by atoms with E-state index >= 15 is 0 Å². The lowest BCUT2D eigenvalue weighted by Crippen LogP contribution is -2.24. The molecule has 2 aromatic heterocycles. The van der Waals surface area contributed by atoms with E-state index < -0.39 is 0 Å². The SMILES string of the molecule is Nc1nc(CCCNC(=O)c2ccc(-c3ccn[nH]3)cc2)cs1. The first-order valence-electron chi connectivity index (χ1n) is 7.30. The van der Waals surface area contributed by atoms with E-state index in [1.807, 2.05) is 35.7 Å². The number of thiazole rings is 1. The topological polar surface area (TPSA) is 96.7 Å². The van der Waals surface area contributed by atoms with E-state index in [1.165, 1.54) is 11.3 Å². The van der Waals surface area contributed by atoms with Crippen molar-refractivity contribution in [2.45, 2.75) is 12.8 Å². The summed E-state index contributed by atoms with van der Waals surface area (Å²) in [5, 5.41) is 12.3. The highest BCUT2D eigenvalue weighted by molar-refractivity contribution is 7.13. The van der Waals surface area contributed by atoms with Crippen molar-refractivity contribution in [1.82, 2.24) is 20.5 Å². The van der Waals surface area contributed by atoms with Crippen LogP contribution in [0.15, 0.2) is 41.9 Å². The Bertz CT molecular complexity index is 764. The highest BCUT2D eigenvalue weighted by Crippen LogP contribution is 2.16. The molecule has 1 amide bonds. The molecular weight excluding hydrogens is 310 g/mol. The quantitative estimate of drug-likeness (QED) is 0.606. The molecule has 3 aromatic rings. The van der Waals surface area contributed by atoms with Gasteiger partial charge in [-0.2, -0.15) is 5.10 Å². The average molecular weight is 327 g/mol. The van der Waals surface area contributed by atoms with Crippen molar-refractivity contribution in [1.29, 1.82) is 0 Å². The number of hydrogen-bond donors (Lipinski definition) is 3. The third-order valence-corrected chi connectivity index (χ3v) is 4.15. The lowest BCUT2D eigenvalue weighted by atomic mass is 10.1. The molecule has 6 nitrogen and oxygen atoms in total. The molecule has 0 bridgehead atoms. The van der Waals surface area contributed by atoms with Gasteiger partial charge in [-0.1, -0.05) is 12.1 Å². The van der Waals surface area contributed by atoms with Gasteiger partial charge >= 0.3 is 0 Å². The van der Waals surface area contributed by atoms with E-state index in [4.69, 9.17) is 5.73 Å². The molecule has 7 heteroatoms. The molecule has 0 unspecified atom stereocenters. The van der Waals surface area contributed by atoms with Gasteiger partial charge in [-0.25, -0.2) is 4.98 Å². The first kappa shape index (κ1) is 15.2. The second-order valence-electron chi connectivity index (χ2n) is 5.08.